The maximum Gasteiger partial charge on any atom is 0.273 e. The summed E-state index contributed by atoms with van der Waals surface area (Å²) in [6, 6.07) is 16.5. The highest BCUT2D eigenvalue weighted by Crippen LogP contribution is 2.14. The van der Waals surface area contributed by atoms with E-state index in [-0.39, 0.29) is 0 Å². The van der Waals surface area contributed by atoms with Gasteiger partial charge in [0.25, 0.3) is 5.91 Å². The molecule has 0 aliphatic carbocycles. The monoisotopic (exact) mass is 300 g/mol. The van der Waals surface area contributed by atoms with Crippen molar-refractivity contribution in [2.24, 2.45) is 5.10 Å². The average molecular weight is 300 g/mol. The molecule has 0 fully saturated rings. The number of amides is 1. The maximum atomic E-state index is 11.8. The van der Waals surface area contributed by atoms with Crippen LogP contribution in [-0.2, 0) is 4.79 Å². The molecule has 2 rings (SSSR count). The summed E-state index contributed by atoms with van der Waals surface area (Å²) in [5.41, 5.74) is 3.75. The Morgan fingerprint density at radius 2 is 1.86 bits per heavy atom. The van der Waals surface area contributed by atoms with Crippen molar-refractivity contribution in [3.05, 3.63) is 65.7 Å². The molecule has 0 aromatic heterocycles. The van der Waals surface area contributed by atoms with Gasteiger partial charge in [0, 0.05) is 4.90 Å². The second-order valence-electron chi connectivity index (χ2n) is 4.32. The van der Waals surface area contributed by atoms with Crippen molar-refractivity contribution in [2.75, 3.05) is 6.26 Å². The first-order valence-corrected chi connectivity index (χ1v) is 7.63. The van der Waals surface area contributed by atoms with Gasteiger partial charge in [0.15, 0.2) is 6.10 Å². The fraction of sp³-hybridized carbons (Fsp3) is 0.125. The third kappa shape index (κ3) is 4.44. The lowest BCUT2D eigenvalue weighted by atomic mass is 10.1. The number of hydrazone groups is 1. The molecule has 4 nitrogen and oxygen atoms in total. The second kappa shape index (κ2) is 7.61. The molecule has 1 unspecified atom stereocenters. The summed E-state index contributed by atoms with van der Waals surface area (Å²) in [6.07, 6.45) is 2.33. The molecule has 0 aliphatic heterocycles. The van der Waals surface area contributed by atoms with Crippen LogP contribution >= 0.6 is 11.8 Å². The quantitative estimate of drug-likeness (QED) is 0.507. The van der Waals surface area contributed by atoms with Crippen molar-refractivity contribution in [3.63, 3.8) is 0 Å². The Labute approximate surface area is 127 Å². The van der Waals surface area contributed by atoms with Crippen LogP contribution in [0.15, 0.2) is 64.6 Å². The molecule has 21 heavy (non-hydrogen) atoms. The number of aliphatic hydroxyl groups is 1. The van der Waals surface area contributed by atoms with Crippen LogP contribution in [0.1, 0.15) is 17.2 Å². The van der Waals surface area contributed by atoms with Gasteiger partial charge in [0.05, 0.1) is 6.21 Å². The first kappa shape index (κ1) is 15.3. The van der Waals surface area contributed by atoms with Gasteiger partial charge in [-0.15, -0.1) is 11.8 Å². The highest BCUT2D eigenvalue weighted by molar-refractivity contribution is 7.98. The number of hydrogen-bond donors (Lipinski definition) is 2. The molecule has 0 spiro atoms. The van der Waals surface area contributed by atoms with E-state index in [0.29, 0.717) is 5.56 Å². The SMILES string of the molecule is CSc1ccc(C=NNC(=O)C(O)c2ccccc2)cc1. The smallest absolute Gasteiger partial charge is 0.273 e. The van der Waals surface area contributed by atoms with E-state index in [9.17, 15) is 9.90 Å². The average Bonchev–Trinajstić information content (AvgIpc) is 2.55. The summed E-state index contributed by atoms with van der Waals surface area (Å²) < 4.78 is 0. The fourth-order valence-corrected chi connectivity index (χ4v) is 2.12. The van der Waals surface area contributed by atoms with Crippen molar-refractivity contribution in [1.82, 2.24) is 5.43 Å². The van der Waals surface area contributed by atoms with E-state index in [0.717, 1.165) is 10.5 Å². The first-order chi connectivity index (χ1) is 10.2. The minimum absolute atomic E-state index is 0.537. The fourth-order valence-electron chi connectivity index (χ4n) is 1.71. The van der Waals surface area contributed by atoms with Crippen molar-refractivity contribution < 1.29 is 9.90 Å². The Balaban J connectivity index is 1.92. The van der Waals surface area contributed by atoms with Crippen LogP contribution < -0.4 is 5.43 Å². The van der Waals surface area contributed by atoms with Crippen LogP contribution in [0, 0.1) is 0 Å². The van der Waals surface area contributed by atoms with Crippen molar-refractivity contribution in [1.29, 1.82) is 0 Å². The minimum Gasteiger partial charge on any atom is -0.378 e. The summed E-state index contributed by atoms with van der Waals surface area (Å²) in [7, 11) is 0. The van der Waals surface area contributed by atoms with Gasteiger partial charge < -0.3 is 5.11 Å². The topological polar surface area (TPSA) is 61.7 Å². The Morgan fingerprint density at radius 3 is 2.48 bits per heavy atom. The van der Waals surface area contributed by atoms with Gasteiger partial charge in [-0.1, -0.05) is 42.5 Å². The van der Waals surface area contributed by atoms with Gasteiger partial charge >= 0.3 is 0 Å². The van der Waals surface area contributed by atoms with Gasteiger partial charge in [-0.3, -0.25) is 4.79 Å². The molecule has 5 heteroatoms. The molecule has 2 aromatic rings. The molecular formula is C16H16N2O2S. The number of aliphatic hydroxyl groups excluding tert-OH is 1. The molecule has 108 valence electrons. The van der Waals surface area contributed by atoms with Crippen LogP contribution in [-0.4, -0.2) is 23.5 Å². The third-order valence-corrected chi connectivity index (χ3v) is 3.61. The summed E-state index contributed by atoms with van der Waals surface area (Å²) in [5.74, 6) is -0.557. The zero-order valence-corrected chi connectivity index (χ0v) is 12.4. The molecule has 2 N–H and O–H groups in total. The number of carbonyl (C=O) groups is 1. The van der Waals surface area contributed by atoms with Crippen molar-refractivity contribution >= 4 is 23.9 Å². The lowest BCUT2D eigenvalue weighted by Crippen LogP contribution is -2.25. The van der Waals surface area contributed by atoms with Gasteiger partial charge in [-0.25, -0.2) is 5.43 Å². The van der Waals surface area contributed by atoms with Gasteiger partial charge in [0.1, 0.15) is 0 Å². The first-order valence-electron chi connectivity index (χ1n) is 6.40. The van der Waals surface area contributed by atoms with E-state index in [1.54, 1.807) is 42.2 Å². The molecule has 0 heterocycles. The Bertz CT molecular complexity index is 612. The number of nitrogens with zero attached hydrogens (tertiary/aromatic N) is 1. The summed E-state index contributed by atoms with van der Waals surface area (Å²) >= 11 is 1.66. The van der Waals surface area contributed by atoms with E-state index in [4.69, 9.17) is 0 Å². The summed E-state index contributed by atoms with van der Waals surface area (Å²) in [5, 5.41) is 13.7. The number of benzene rings is 2. The predicted octanol–water partition coefficient (Wildman–Crippen LogP) is 2.59. The Morgan fingerprint density at radius 1 is 1.19 bits per heavy atom. The van der Waals surface area contributed by atoms with Crippen molar-refractivity contribution in [2.45, 2.75) is 11.0 Å². The maximum absolute atomic E-state index is 11.8. The van der Waals surface area contributed by atoms with Gasteiger partial charge in [-0.05, 0) is 29.5 Å². The lowest BCUT2D eigenvalue weighted by Gasteiger charge is -2.08. The molecule has 0 saturated heterocycles. The third-order valence-electron chi connectivity index (χ3n) is 2.87. The van der Waals surface area contributed by atoms with Crippen LogP contribution in [0.4, 0.5) is 0 Å². The minimum atomic E-state index is -1.22. The molecule has 1 amide bonds. The normalized spacial score (nSPS) is 12.3. The molecule has 0 saturated carbocycles. The number of nitrogens with one attached hydrogen (secondary N) is 1. The Hall–Kier alpha value is -2.11. The number of thioether (sulfide) groups is 1. The van der Waals surface area contributed by atoms with E-state index < -0.39 is 12.0 Å². The predicted molar refractivity (Wildman–Crippen MR) is 85.4 cm³/mol. The molecular weight excluding hydrogens is 284 g/mol. The highest BCUT2D eigenvalue weighted by Gasteiger charge is 2.15. The van der Waals surface area contributed by atoms with Gasteiger partial charge in [0.2, 0.25) is 0 Å². The van der Waals surface area contributed by atoms with E-state index in [1.807, 2.05) is 36.6 Å². The summed E-state index contributed by atoms with van der Waals surface area (Å²) in [6.45, 7) is 0. The number of hydrogen-bond acceptors (Lipinski definition) is 4. The second-order valence-corrected chi connectivity index (χ2v) is 5.20. The van der Waals surface area contributed by atoms with Crippen molar-refractivity contribution in [3.8, 4) is 0 Å². The van der Waals surface area contributed by atoms with Crippen LogP contribution in [0.5, 0.6) is 0 Å². The van der Waals surface area contributed by atoms with E-state index >= 15 is 0 Å². The number of rotatable bonds is 5. The molecule has 1 atom stereocenters. The molecule has 0 bridgehead atoms. The molecule has 2 aromatic carbocycles. The standard InChI is InChI=1S/C16H16N2O2S/c1-21-14-9-7-12(8-10-14)11-17-18-16(20)15(19)13-5-3-2-4-6-13/h2-11,15,19H,1H3,(H,18,20). The number of carbonyl (C=O) groups excluding carboxylic acids is 1. The summed E-state index contributed by atoms with van der Waals surface area (Å²) in [4.78, 5) is 12.9. The largest absolute Gasteiger partial charge is 0.378 e. The van der Waals surface area contributed by atoms with E-state index in [1.165, 1.54) is 0 Å². The molecule has 0 radical (unpaired) electrons. The zero-order chi connectivity index (χ0) is 15.1. The van der Waals surface area contributed by atoms with E-state index in [2.05, 4.69) is 10.5 Å². The van der Waals surface area contributed by atoms with Crippen LogP contribution in [0.3, 0.4) is 0 Å². The Kier molecular flexibility index (Phi) is 5.54. The lowest BCUT2D eigenvalue weighted by molar-refractivity contribution is -0.129. The van der Waals surface area contributed by atoms with Crippen LogP contribution in [0.2, 0.25) is 0 Å². The highest BCUT2D eigenvalue weighted by atomic mass is 32.2. The van der Waals surface area contributed by atoms with Crippen LogP contribution in [0.25, 0.3) is 0 Å². The van der Waals surface area contributed by atoms with Gasteiger partial charge in [-0.2, -0.15) is 5.10 Å². The molecule has 0 aliphatic rings. The zero-order valence-electron chi connectivity index (χ0n) is 11.6.